The smallest absolute Gasteiger partial charge is 0.213 e. The molecule has 1 atom stereocenters. The van der Waals surface area contributed by atoms with E-state index in [0.29, 0.717) is 18.3 Å². The average molecular weight is 460 g/mol. The lowest BCUT2D eigenvalue weighted by molar-refractivity contribution is 0.396. The van der Waals surface area contributed by atoms with Crippen molar-refractivity contribution in [2.45, 2.75) is 19.9 Å². The summed E-state index contributed by atoms with van der Waals surface area (Å²) in [6.45, 7) is 3.73. The topological polar surface area (TPSA) is 58.5 Å². The van der Waals surface area contributed by atoms with Crippen molar-refractivity contribution in [1.82, 2.24) is 15.6 Å². The van der Waals surface area contributed by atoms with E-state index in [2.05, 4.69) is 45.0 Å². The molecular formula is C17H25IN4OS. The van der Waals surface area contributed by atoms with E-state index >= 15 is 0 Å². The highest BCUT2D eigenvalue weighted by atomic mass is 127. The Morgan fingerprint density at radius 3 is 2.79 bits per heavy atom. The summed E-state index contributed by atoms with van der Waals surface area (Å²) in [5, 5.41) is 8.76. The third-order valence-corrected chi connectivity index (χ3v) is 4.30. The molecule has 0 aromatic carbocycles. The maximum absolute atomic E-state index is 5.13. The van der Waals surface area contributed by atoms with E-state index in [0.717, 1.165) is 24.6 Å². The molecule has 5 nitrogen and oxygen atoms in total. The Morgan fingerprint density at radius 2 is 2.12 bits per heavy atom. The zero-order valence-electron chi connectivity index (χ0n) is 14.3. The van der Waals surface area contributed by atoms with Gasteiger partial charge >= 0.3 is 0 Å². The first kappa shape index (κ1) is 20.7. The largest absolute Gasteiger partial charge is 0.481 e. The van der Waals surface area contributed by atoms with Crippen LogP contribution in [0.2, 0.25) is 0 Å². The molecular weight excluding hydrogens is 435 g/mol. The van der Waals surface area contributed by atoms with Gasteiger partial charge in [-0.3, -0.25) is 4.99 Å². The van der Waals surface area contributed by atoms with Crippen molar-refractivity contribution in [3.05, 3.63) is 46.3 Å². The van der Waals surface area contributed by atoms with Crippen LogP contribution in [0, 0.1) is 5.92 Å². The summed E-state index contributed by atoms with van der Waals surface area (Å²) in [6, 6.07) is 10.0. The van der Waals surface area contributed by atoms with Gasteiger partial charge in [0, 0.05) is 24.5 Å². The molecule has 1 unspecified atom stereocenters. The van der Waals surface area contributed by atoms with E-state index in [1.807, 2.05) is 29.5 Å². The van der Waals surface area contributed by atoms with E-state index in [1.54, 1.807) is 14.2 Å². The highest BCUT2D eigenvalue weighted by molar-refractivity contribution is 14.0. The van der Waals surface area contributed by atoms with Crippen molar-refractivity contribution >= 4 is 41.3 Å². The maximum Gasteiger partial charge on any atom is 0.213 e. The Bertz CT molecular complexity index is 619. The van der Waals surface area contributed by atoms with Crippen LogP contribution in [0.1, 0.15) is 17.5 Å². The monoisotopic (exact) mass is 460 g/mol. The lowest BCUT2D eigenvalue weighted by Gasteiger charge is -2.15. The van der Waals surface area contributed by atoms with Gasteiger partial charge in [0.25, 0.3) is 0 Å². The third-order valence-electron chi connectivity index (χ3n) is 3.40. The molecule has 2 N–H and O–H groups in total. The second kappa shape index (κ2) is 11.2. The number of nitrogens with zero attached hydrogens (tertiary/aromatic N) is 2. The molecule has 0 saturated carbocycles. The van der Waals surface area contributed by atoms with Crippen LogP contribution >= 0.6 is 35.3 Å². The summed E-state index contributed by atoms with van der Waals surface area (Å²) in [4.78, 5) is 10.0. The summed E-state index contributed by atoms with van der Waals surface area (Å²) < 4.78 is 5.13. The molecule has 0 radical (unpaired) electrons. The number of hydrogen-bond donors (Lipinski definition) is 2. The van der Waals surface area contributed by atoms with Crippen LogP contribution in [-0.2, 0) is 13.0 Å². The van der Waals surface area contributed by atoms with Gasteiger partial charge < -0.3 is 15.4 Å². The predicted molar refractivity (Wildman–Crippen MR) is 112 cm³/mol. The quantitative estimate of drug-likeness (QED) is 0.378. The molecule has 2 rings (SSSR count). The first-order valence-corrected chi connectivity index (χ1v) is 8.56. The van der Waals surface area contributed by atoms with Gasteiger partial charge in [0.15, 0.2) is 5.96 Å². The first-order chi connectivity index (χ1) is 11.2. The third kappa shape index (κ3) is 7.04. The second-order valence-corrected chi connectivity index (χ2v) is 6.40. The molecule has 2 aromatic rings. The Kier molecular flexibility index (Phi) is 9.70. The summed E-state index contributed by atoms with van der Waals surface area (Å²) in [5.74, 6) is 1.95. The van der Waals surface area contributed by atoms with E-state index in [1.165, 1.54) is 4.88 Å². The molecule has 7 heteroatoms. The highest BCUT2D eigenvalue weighted by Crippen LogP contribution is 2.13. The molecule has 24 heavy (non-hydrogen) atoms. The molecule has 0 aliphatic heterocycles. The summed E-state index contributed by atoms with van der Waals surface area (Å²) >= 11 is 1.81. The maximum atomic E-state index is 5.13. The number of hydrogen-bond acceptors (Lipinski definition) is 4. The van der Waals surface area contributed by atoms with Gasteiger partial charge in [-0.1, -0.05) is 19.1 Å². The van der Waals surface area contributed by atoms with Gasteiger partial charge in [0.05, 0.1) is 19.3 Å². The van der Waals surface area contributed by atoms with E-state index < -0.39 is 0 Å². The van der Waals surface area contributed by atoms with Crippen LogP contribution in [0.25, 0.3) is 0 Å². The molecule has 0 saturated heterocycles. The Labute approximate surface area is 165 Å². The molecule has 0 amide bonds. The van der Waals surface area contributed by atoms with Crippen molar-refractivity contribution in [2.24, 2.45) is 10.9 Å². The Hall–Kier alpha value is -1.35. The minimum absolute atomic E-state index is 0. The molecule has 2 aromatic heterocycles. The van der Waals surface area contributed by atoms with Crippen LogP contribution in [0.4, 0.5) is 0 Å². The van der Waals surface area contributed by atoms with Crippen LogP contribution < -0.4 is 15.4 Å². The fourth-order valence-corrected chi connectivity index (χ4v) is 3.05. The second-order valence-electron chi connectivity index (χ2n) is 5.37. The van der Waals surface area contributed by atoms with Crippen LogP contribution in [0.3, 0.4) is 0 Å². The van der Waals surface area contributed by atoms with Gasteiger partial charge in [0.2, 0.25) is 5.88 Å². The van der Waals surface area contributed by atoms with E-state index in [-0.39, 0.29) is 24.0 Å². The fraction of sp³-hybridized carbons (Fsp3) is 0.412. The van der Waals surface area contributed by atoms with E-state index in [9.17, 15) is 0 Å². The Morgan fingerprint density at radius 1 is 1.29 bits per heavy atom. The van der Waals surface area contributed by atoms with Crippen molar-refractivity contribution < 1.29 is 4.74 Å². The lowest BCUT2D eigenvalue weighted by Crippen LogP contribution is -2.39. The van der Waals surface area contributed by atoms with Crippen molar-refractivity contribution in [2.75, 3.05) is 20.7 Å². The Balaban J connectivity index is 0.00000288. The van der Waals surface area contributed by atoms with Gasteiger partial charge in [-0.15, -0.1) is 35.3 Å². The molecule has 2 heterocycles. The number of halogens is 1. The number of guanidine groups is 1. The van der Waals surface area contributed by atoms with Gasteiger partial charge in [-0.25, -0.2) is 4.98 Å². The van der Waals surface area contributed by atoms with Gasteiger partial charge in [-0.05, 0) is 29.9 Å². The lowest BCUT2D eigenvalue weighted by atomic mass is 10.1. The predicted octanol–water partition coefficient (Wildman–Crippen LogP) is 3.31. The highest BCUT2D eigenvalue weighted by Gasteiger charge is 2.06. The number of pyridine rings is 1. The SMILES string of the molecule is CN=C(NCc1cccc(OC)n1)NCC(C)Cc1cccs1.I. The standard InChI is InChI=1S/C17H24N4OS.HI/c1-13(10-15-7-5-9-23-15)11-19-17(18-2)20-12-14-6-4-8-16(21-14)22-3;/h4-9,13H,10-12H2,1-3H3,(H2,18,19,20);1H. The summed E-state index contributed by atoms with van der Waals surface area (Å²) in [7, 11) is 3.40. The number of aliphatic imine (C=N–C) groups is 1. The minimum atomic E-state index is 0. The number of thiophene rings is 1. The van der Waals surface area contributed by atoms with Crippen LogP contribution in [-0.4, -0.2) is 31.6 Å². The van der Waals surface area contributed by atoms with Gasteiger partial charge in [-0.2, -0.15) is 0 Å². The molecule has 0 fully saturated rings. The van der Waals surface area contributed by atoms with Crippen molar-refractivity contribution in [3.8, 4) is 5.88 Å². The van der Waals surface area contributed by atoms with Crippen molar-refractivity contribution in [1.29, 1.82) is 0 Å². The molecule has 0 spiro atoms. The van der Waals surface area contributed by atoms with Gasteiger partial charge in [0.1, 0.15) is 0 Å². The van der Waals surface area contributed by atoms with Crippen LogP contribution in [0.5, 0.6) is 5.88 Å². The minimum Gasteiger partial charge on any atom is -0.481 e. The summed E-state index contributed by atoms with van der Waals surface area (Å²) in [6.07, 6.45) is 1.08. The number of nitrogens with one attached hydrogen (secondary N) is 2. The van der Waals surface area contributed by atoms with Crippen molar-refractivity contribution in [3.63, 3.8) is 0 Å². The van der Waals surface area contributed by atoms with E-state index in [4.69, 9.17) is 4.74 Å². The zero-order valence-corrected chi connectivity index (χ0v) is 17.4. The average Bonchev–Trinajstić information content (AvgIpc) is 3.08. The normalized spacial score (nSPS) is 12.2. The molecule has 0 aliphatic carbocycles. The number of rotatable bonds is 7. The number of aromatic nitrogens is 1. The van der Waals surface area contributed by atoms with Crippen LogP contribution in [0.15, 0.2) is 40.7 Å². The molecule has 0 aliphatic rings. The fourth-order valence-electron chi connectivity index (χ4n) is 2.18. The number of ether oxygens (including phenoxy) is 1. The first-order valence-electron chi connectivity index (χ1n) is 7.68. The molecule has 0 bridgehead atoms. The molecule has 132 valence electrons. The number of methoxy groups -OCH3 is 1. The zero-order chi connectivity index (χ0) is 16.5. The summed E-state index contributed by atoms with van der Waals surface area (Å²) in [5.41, 5.74) is 0.916.